The highest BCUT2D eigenvalue weighted by atomic mass is 16.2. The minimum atomic E-state index is -0.0578. The first-order valence-electron chi connectivity index (χ1n) is 7.70. The summed E-state index contributed by atoms with van der Waals surface area (Å²) in [6, 6.07) is 10.7. The average molecular weight is 272 g/mol. The Morgan fingerprint density at radius 3 is 2.50 bits per heavy atom. The molecule has 1 N–H and O–H groups in total. The molecular weight excluding hydrogens is 248 g/mol. The average Bonchev–Trinajstić information content (AvgIpc) is 3.05. The molecule has 1 aliphatic heterocycles. The van der Waals surface area contributed by atoms with Crippen LogP contribution >= 0.6 is 0 Å². The van der Waals surface area contributed by atoms with Gasteiger partial charge in [-0.25, -0.2) is 0 Å². The minimum absolute atomic E-state index is 0.0578. The summed E-state index contributed by atoms with van der Waals surface area (Å²) in [7, 11) is 0. The zero-order valence-corrected chi connectivity index (χ0v) is 12.5. The molecule has 1 saturated carbocycles. The number of benzene rings is 1. The van der Waals surface area contributed by atoms with Crippen molar-refractivity contribution in [2.24, 2.45) is 11.8 Å². The summed E-state index contributed by atoms with van der Waals surface area (Å²) in [5, 5.41) is 3.56. The highest BCUT2D eigenvalue weighted by molar-refractivity contribution is 5.85. The fraction of sp³-hybridized carbons (Fsp3) is 0.588. The first-order valence-corrected chi connectivity index (χ1v) is 7.70. The Labute approximate surface area is 121 Å². The van der Waals surface area contributed by atoms with Crippen molar-refractivity contribution in [2.45, 2.75) is 51.9 Å². The van der Waals surface area contributed by atoms with Crippen molar-refractivity contribution in [3.8, 4) is 0 Å². The van der Waals surface area contributed by atoms with Gasteiger partial charge in [-0.2, -0.15) is 0 Å². The quantitative estimate of drug-likeness (QED) is 0.913. The molecule has 1 aromatic rings. The summed E-state index contributed by atoms with van der Waals surface area (Å²) in [5.74, 6) is 1.41. The maximum atomic E-state index is 12.7. The van der Waals surface area contributed by atoms with Crippen molar-refractivity contribution < 1.29 is 4.79 Å². The summed E-state index contributed by atoms with van der Waals surface area (Å²) in [5.41, 5.74) is 1.23. The SMILES string of the molecule is CC(C)C1NC(Cc2ccccc2)C(=O)N1C1CC1C. The molecule has 3 nitrogen and oxygen atoms in total. The van der Waals surface area contributed by atoms with E-state index in [2.05, 4.69) is 43.1 Å². The van der Waals surface area contributed by atoms with E-state index in [0.717, 1.165) is 12.8 Å². The Morgan fingerprint density at radius 1 is 1.30 bits per heavy atom. The van der Waals surface area contributed by atoms with Gasteiger partial charge in [0.2, 0.25) is 5.91 Å². The molecule has 2 aliphatic rings. The number of hydrogen-bond donors (Lipinski definition) is 1. The number of carbonyl (C=O) groups is 1. The molecule has 4 unspecified atom stereocenters. The van der Waals surface area contributed by atoms with Gasteiger partial charge in [-0.05, 0) is 30.2 Å². The van der Waals surface area contributed by atoms with Gasteiger partial charge in [0.1, 0.15) is 0 Å². The molecule has 0 aromatic heterocycles. The van der Waals surface area contributed by atoms with Crippen LogP contribution in [0.5, 0.6) is 0 Å². The second kappa shape index (κ2) is 5.21. The third-order valence-electron chi connectivity index (χ3n) is 4.56. The highest BCUT2D eigenvalue weighted by Gasteiger charge is 2.50. The molecule has 1 aromatic carbocycles. The molecule has 20 heavy (non-hydrogen) atoms. The first-order chi connectivity index (χ1) is 9.58. The van der Waals surface area contributed by atoms with Crippen LogP contribution in [0.1, 0.15) is 32.8 Å². The van der Waals surface area contributed by atoms with E-state index in [-0.39, 0.29) is 12.2 Å². The maximum Gasteiger partial charge on any atom is 0.241 e. The summed E-state index contributed by atoms with van der Waals surface area (Å²) >= 11 is 0. The topological polar surface area (TPSA) is 32.3 Å². The van der Waals surface area contributed by atoms with Crippen LogP contribution in [0.3, 0.4) is 0 Å². The van der Waals surface area contributed by atoms with E-state index < -0.39 is 0 Å². The van der Waals surface area contributed by atoms with Crippen molar-refractivity contribution in [1.29, 1.82) is 0 Å². The number of rotatable bonds is 4. The van der Waals surface area contributed by atoms with E-state index >= 15 is 0 Å². The summed E-state index contributed by atoms with van der Waals surface area (Å²) < 4.78 is 0. The molecule has 0 radical (unpaired) electrons. The van der Waals surface area contributed by atoms with Gasteiger partial charge in [0.05, 0.1) is 12.2 Å². The standard InChI is InChI=1S/C17H24N2O/c1-11(2)16-18-14(10-13-7-5-4-6-8-13)17(20)19(16)15-9-12(15)3/h4-8,11-12,14-16,18H,9-10H2,1-3H3. The Balaban J connectivity index is 1.75. The molecule has 3 rings (SSSR count). The highest BCUT2D eigenvalue weighted by Crippen LogP contribution is 2.39. The smallest absolute Gasteiger partial charge is 0.241 e. The number of nitrogens with one attached hydrogen (secondary N) is 1. The van der Waals surface area contributed by atoms with Crippen LogP contribution in [0.25, 0.3) is 0 Å². The fourth-order valence-electron chi connectivity index (χ4n) is 3.24. The molecule has 0 bridgehead atoms. The molecule has 0 spiro atoms. The fourth-order valence-corrected chi connectivity index (χ4v) is 3.24. The van der Waals surface area contributed by atoms with Crippen LogP contribution in [0.2, 0.25) is 0 Å². The summed E-state index contributed by atoms with van der Waals surface area (Å²) in [6.45, 7) is 6.62. The lowest BCUT2D eigenvalue weighted by molar-refractivity contribution is -0.131. The van der Waals surface area contributed by atoms with Gasteiger partial charge in [0, 0.05) is 6.04 Å². The van der Waals surface area contributed by atoms with Crippen molar-refractivity contribution in [3.05, 3.63) is 35.9 Å². The van der Waals surface area contributed by atoms with Crippen LogP contribution in [0.4, 0.5) is 0 Å². The zero-order chi connectivity index (χ0) is 14.3. The second-order valence-corrected chi connectivity index (χ2v) is 6.62. The van der Waals surface area contributed by atoms with Crippen LogP contribution in [0.15, 0.2) is 30.3 Å². The normalized spacial score (nSPS) is 33.0. The van der Waals surface area contributed by atoms with Gasteiger partial charge >= 0.3 is 0 Å². The largest absolute Gasteiger partial charge is 0.322 e. The third-order valence-corrected chi connectivity index (χ3v) is 4.56. The lowest BCUT2D eigenvalue weighted by Crippen LogP contribution is -2.43. The van der Waals surface area contributed by atoms with Crippen LogP contribution in [0, 0.1) is 11.8 Å². The van der Waals surface area contributed by atoms with Crippen LogP contribution < -0.4 is 5.32 Å². The van der Waals surface area contributed by atoms with E-state index in [4.69, 9.17) is 0 Å². The van der Waals surface area contributed by atoms with Crippen molar-refractivity contribution in [3.63, 3.8) is 0 Å². The number of amides is 1. The van der Waals surface area contributed by atoms with Crippen molar-refractivity contribution in [2.75, 3.05) is 0 Å². The zero-order valence-electron chi connectivity index (χ0n) is 12.5. The molecule has 2 fully saturated rings. The number of carbonyl (C=O) groups excluding carboxylic acids is 1. The van der Waals surface area contributed by atoms with Gasteiger partial charge in [0.25, 0.3) is 0 Å². The predicted octanol–water partition coefficient (Wildman–Crippen LogP) is 2.42. The molecule has 1 aliphatic carbocycles. The van der Waals surface area contributed by atoms with Gasteiger partial charge in [0.15, 0.2) is 0 Å². The maximum absolute atomic E-state index is 12.7. The third kappa shape index (κ3) is 2.47. The van der Waals surface area contributed by atoms with E-state index in [1.807, 2.05) is 18.2 Å². The van der Waals surface area contributed by atoms with Crippen molar-refractivity contribution in [1.82, 2.24) is 10.2 Å². The number of hydrogen-bond acceptors (Lipinski definition) is 2. The summed E-state index contributed by atoms with van der Waals surface area (Å²) in [4.78, 5) is 14.8. The Bertz CT molecular complexity index is 485. The van der Waals surface area contributed by atoms with E-state index in [1.165, 1.54) is 5.56 Å². The summed E-state index contributed by atoms with van der Waals surface area (Å²) in [6.07, 6.45) is 2.15. The van der Waals surface area contributed by atoms with Crippen LogP contribution in [-0.4, -0.2) is 29.1 Å². The van der Waals surface area contributed by atoms with Gasteiger partial charge < -0.3 is 4.90 Å². The van der Waals surface area contributed by atoms with Crippen molar-refractivity contribution >= 4 is 5.91 Å². The first kappa shape index (κ1) is 13.6. The minimum Gasteiger partial charge on any atom is -0.322 e. The lowest BCUT2D eigenvalue weighted by Gasteiger charge is -2.27. The second-order valence-electron chi connectivity index (χ2n) is 6.62. The van der Waals surface area contributed by atoms with E-state index in [0.29, 0.717) is 23.8 Å². The molecule has 3 heteroatoms. The molecule has 1 heterocycles. The number of nitrogens with zero attached hydrogens (tertiary/aromatic N) is 1. The molecule has 4 atom stereocenters. The monoisotopic (exact) mass is 272 g/mol. The molecule has 1 saturated heterocycles. The molecular formula is C17H24N2O. The Hall–Kier alpha value is -1.35. The van der Waals surface area contributed by atoms with Crippen LogP contribution in [-0.2, 0) is 11.2 Å². The predicted molar refractivity (Wildman–Crippen MR) is 80.1 cm³/mol. The Morgan fingerprint density at radius 2 is 1.95 bits per heavy atom. The van der Waals surface area contributed by atoms with E-state index in [9.17, 15) is 4.79 Å². The lowest BCUT2D eigenvalue weighted by atomic mass is 10.1. The molecule has 1 amide bonds. The van der Waals surface area contributed by atoms with Gasteiger partial charge in [-0.3, -0.25) is 10.1 Å². The van der Waals surface area contributed by atoms with E-state index in [1.54, 1.807) is 0 Å². The van der Waals surface area contributed by atoms with Gasteiger partial charge in [-0.1, -0.05) is 51.1 Å². The Kier molecular flexibility index (Phi) is 3.55. The molecule has 108 valence electrons. The van der Waals surface area contributed by atoms with Gasteiger partial charge in [-0.15, -0.1) is 0 Å².